The molecule has 0 aromatic heterocycles. The summed E-state index contributed by atoms with van der Waals surface area (Å²) in [5.41, 5.74) is 1.08. The monoisotopic (exact) mass is 292 g/mol. The second-order valence-electron chi connectivity index (χ2n) is 5.60. The molecule has 2 rings (SSSR count). The second-order valence-corrected chi connectivity index (χ2v) is 5.60. The van der Waals surface area contributed by atoms with Gasteiger partial charge >= 0.3 is 0 Å². The van der Waals surface area contributed by atoms with Crippen LogP contribution in [-0.2, 0) is 4.79 Å². The number of carbonyl (C=O) groups excluding carboxylic acids is 1. The predicted octanol–water partition coefficient (Wildman–Crippen LogP) is 2.06. The van der Waals surface area contributed by atoms with E-state index in [0.717, 1.165) is 31.5 Å². The number of hydrogen-bond donors (Lipinski definition) is 2. The number of nitrogens with zero attached hydrogens (tertiary/aromatic N) is 1. The largest absolute Gasteiger partial charge is 0.504 e. The minimum Gasteiger partial charge on any atom is -0.504 e. The van der Waals surface area contributed by atoms with E-state index >= 15 is 0 Å². The van der Waals surface area contributed by atoms with Crippen LogP contribution in [0.15, 0.2) is 18.2 Å². The van der Waals surface area contributed by atoms with E-state index in [0.29, 0.717) is 11.8 Å². The third-order valence-electron chi connectivity index (χ3n) is 4.13. The number of benzene rings is 1. The Labute approximate surface area is 125 Å². The van der Waals surface area contributed by atoms with Gasteiger partial charge in [0.1, 0.15) is 0 Å². The number of likely N-dealkylation sites (tertiary alicyclic amines) is 1. The fourth-order valence-corrected chi connectivity index (χ4v) is 2.77. The van der Waals surface area contributed by atoms with Gasteiger partial charge in [-0.15, -0.1) is 0 Å². The molecular formula is C16H24N2O3. The molecule has 2 N–H and O–H groups in total. The number of amides is 1. The van der Waals surface area contributed by atoms with Crippen LogP contribution in [0.4, 0.5) is 0 Å². The highest BCUT2D eigenvalue weighted by Gasteiger charge is 2.22. The van der Waals surface area contributed by atoms with Crippen molar-refractivity contribution in [1.29, 1.82) is 0 Å². The molecule has 116 valence electrons. The maximum Gasteiger partial charge on any atom is 0.219 e. The number of rotatable bonds is 4. The molecule has 1 aliphatic rings. The lowest BCUT2D eigenvalue weighted by Crippen LogP contribution is -2.44. The second kappa shape index (κ2) is 6.80. The summed E-state index contributed by atoms with van der Waals surface area (Å²) < 4.78 is 5.14. The van der Waals surface area contributed by atoms with Crippen LogP contribution in [0.1, 0.15) is 38.3 Å². The standard InChI is InChI=1S/C16H24N2O3/c1-11(13-4-5-15(20)16(10-13)21-3)17-14-6-8-18(9-7-14)12(2)19/h4-5,10-11,14,17,20H,6-9H2,1-3H3. The van der Waals surface area contributed by atoms with Gasteiger partial charge in [0.2, 0.25) is 5.91 Å². The van der Waals surface area contributed by atoms with E-state index < -0.39 is 0 Å². The molecule has 1 amide bonds. The molecule has 1 saturated heterocycles. The molecule has 0 aliphatic carbocycles. The molecule has 1 unspecified atom stereocenters. The van der Waals surface area contributed by atoms with Crippen LogP contribution in [0.5, 0.6) is 11.5 Å². The fraction of sp³-hybridized carbons (Fsp3) is 0.562. The van der Waals surface area contributed by atoms with Crippen LogP contribution in [0.25, 0.3) is 0 Å². The van der Waals surface area contributed by atoms with Gasteiger partial charge in [0.05, 0.1) is 7.11 Å². The van der Waals surface area contributed by atoms with E-state index in [1.54, 1.807) is 20.1 Å². The van der Waals surface area contributed by atoms with Crippen LogP contribution in [0.3, 0.4) is 0 Å². The summed E-state index contributed by atoms with van der Waals surface area (Å²) in [4.78, 5) is 13.2. The van der Waals surface area contributed by atoms with E-state index in [2.05, 4.69) is 12.2 Å². The van der Waals surface area contributed by atoms with Gasteiger partial charge in [-0.3, -0.25) is 4.79 Å². The molecule has 1 atom stereocenters. The molecule has 0 bridgehead atoms. The lowest BCUT2D eigenvalue weighted by Gasteiger charge is -2.33. The molecule has 0 saturated carbocycles. The van der Waals surface area contributed by atoms with Gasteiger partial charge < -0.3 is 20.1 Å². The summed E-state index contributed by atoms with van der Waals surface area (Å²) in [7, 11) is 1.55. The van der Waals surface area contributed by atoms with Crippen molar-refractivity contribution in [2.75, 3.05) is 20.2 Å². The zero-order valence-corrected chi connectivity index (χ0v) is 12.9. The van der Waals surface area contributed by atoms with E-state index in [4.69, 9.17) is 4.74 Å². The summed E-state index contributed by atoms with van der Waals surface area (Å²) in [5, 5.41) is 13.2. The number of methoxy groups -OCH3 is 1. The Hall–Kier alpha value is -1.75. The maximum atomic E-state index is 11.3. The number of ether oxygens (including phenoxy) is 1. The maximum absolute atomic E-state index is 11.3. The van der Waals surface area contributed by atoms with Gasteiger partial charge in [-0.2, -0.15) is 0 Å². The van der Waals surface area contributed by atoms with Crippen LogP contribution in [0.2, 0.25) is 0 Å². The normalized spacial score (nSPS) is 17.6. The summed E-state index contributed by atoms with van der Waals surface area (Å²) in [6.07, 6.45) is 1.94. The number of piperidine rings is 1. The van der Waals surface area contributed by atoms with Crippen LogP contribution in [-0.4, -0.2) is 42.2 Å². The molecule has 1 aromatic carbocycles. The average Bonchev–Trinajstić information content (AvgIpc) is 2.48. The van der Waals surface area contributed by atoms with Crippen molar-refractivity contribution in [3.8, 4) is 11.5 Å². The summed E-state index contributed by atoms with van der Waals surface area (Å²) in [6.45, 7) is 5.36. The quantitative estimate of drug-likeness (QED) is 0.892. The van der Waals surface area contributed by atoms with Crippen molar-refractivity contribution in [2.45, 2.75) is 38.8 Å². The first-order chi connectivity index (χ1) is 10.0. The smallest absolute Gasteiger partial charge is 0.219 e. The van der Waals surface area contributed by atoms with Crippen molar-refractivity contribution >= 4 is 5.91 Å². The highest BCUT2D eigenvalue weighted by molar-refractivity contribution is 5.73. The zero-order chi connectivity index (χ0) is 15.4. The highest BCUT2D eigenvalue weighted by atomic mass is 16.5. The highest BCUT2D eigenvalue weighted by Crippen LogP contribution is 2.29. The Kier molecular flexibility index (Phi) is 5.07. The third-order valence-corrected chi connectivity index (χ3v) is 4.13. The molecule has 1 aliphatic heterocycles. The number of nitrogens with one attached hydrogen (secondary N) is 1. The number of carbonyl (C=O) groups is 1. The van der Waals surface area contributed by atoms with Gasteiger partial charge in [-0.25, -0.2) is 0 Å². The number of hydrogen-bond acceptors (Lipinski definition) is 4. The zero-order valence-electron chi connectivity index (χ0n) is 12.9. The molecule has 5 heteroatoms. The van der Waals surface area contributed by atoms with E-state index in [9.17, 15) is 9.90 Å². The van der Waals surface area contributed by atoms with Crippen molar-refractivity contribution in [1.82, 2.24) is 10.2 Å². The van der Waals surface area contributed by atoms with Gasteiger partial charge in [0.25, 0.3) is 0 Å². The first-order valence-electron chi connectivity index (χ1n) is 7.39. The Morgan fingerprint density at radius 2 is 2.10 bits per heavy atom. The Morgan fingerprint density at radius 3 is 2.67 bits per heavy atom. The Balaban J connectivity index is 1.93. The van der Waals surface area contributed by atoms with Gasteiger partial charge in [-0.1, -0.05) is 6.07 Å². The third kappa shape index (κ3) is 3.88. The molecule has 21 heavy (non-hydrogen) atoms. The minimum absolute atomic E-state index is 0.156. The van der Waals surface area contributed by atoms with Gasteiger partial charge in [0, 0.05) is 32.1 Å². The van der Waals surface area contributed by atoms with E-state index in [-0.39, 0.29) is 17.7 Å². The first kappa shape index (κ1) is 15.6. The minimum atomic E-state index is 0.156. The van der Waals surface area contributed by atoms with Gasteiger partial charge in [-0.05, 0) is 37.5 Å². The SMILES string of the molecule is COc1cc(C(C)NC2CCN(C(C)=O)CC2)ccc1O. The molecule has 1 fully saturated rings. The summed E-state index contributed by atoms with van der Waals surface area (Å²) in [6, 6.07) is 6.01. The molecule has 5 nitrogen and oxygen atoms in total. The van der Waals surface area contributed by atoms with Crippen LogP contribution < -0.4 is 10.1 Å². The number of aromatic hydroxyl groups is 1. The molecule has 1 aromatic rings. The number of phenolic OH excluding ortho intramolecular Hbond substituents is 1. The van der Waals surface area contributed by atoms with Crippen molar-refractivity contribution in [3.63, 3.8) is 0 Å². The van der Waals surface area contributed by atoms with Gasteiger partial charge in [0.15, 0.2) is 11.5 Å². The van der Waals surface area contributed by atoms with E-state index in [1.165, 1.54) is 0 Å². The summed E-state index contributed by atoms with van der Waals surface area (Å²) >= 11 is 0. The number of phenols is 1. The molecule has 0 radical (unpaired) electrons. The van der Waals surface area contributed by atoms with Crippen molar-refractivity contribution in [2.24, 2.45) is 0 Å². The molecular weight excluding hydrogens is 268 g/mol. The lowest BCUT2D eigenvalue weighted by atomic mass is 10.0. The topological polar surface area (TPSA) is 61.8 Å². The van der Waals surface area contributed by atoms with Crippen molar-refractivity contribution in [3.05, 3.63) is 23.8 Å². The van der Waals surface area contributed by atoms with Crippen molar-refractivity contribution < 1.29 is 14.6 Å². The fourth-order valence-electron chi connectivity index (χ4n) is 2.77. The Morgan fingerprint density at radius 1 is 1.43 bits per heavy atom. The van der Waals surface area contributed by atoms with Crippen LogP contribution in [0, 0.1) is 0 Å². The average molecular weight is 292 g/mol. The summed E-state index contributed by atoms with van der Waals surface area (Å²) in [5.74, 6) is 0.806. The first-order valence-corrected chi connectivity index (χ1v) is 7.39. The predicted molar refractivity (Wildman–Crippen MR) is 81.5 cm³/mol. The lowest BCUT2D eigenvalue weighted by molar-refractivity contribution is -0.129. The molecule has 0 spiro atoms. The van der Waals surface area contributed by atoms with E-state index in [1.807, 2.05) is 17.0 Å². The van der Waals surface area contributed by atoms with Crippen LogP contribution >= 0.6 is 0 Å². The molecule has 1 heterocycles. The Bertz CT molecular complexity index is 496.